The number of hydrogen-bond acceptors (Lipinski definition) is 3. The smallest absolute Gasteiger partial charge is 0.329 e. The van der Waals surface area contributed by atoms with Crippen LogP contribution in [0.4, 0.5) is 0 Å². The van der Waals surface area contributed by atoms with Gasteiger partial charge in [0.2, 0.25) is 0 Å². The van der Waals surface area contributed by atoms with Crippen LogP contribution in [0.1, 0.15) is 19.8 Å². The molecular formula is C8H14O3S. The Morgan fingerprint density at radius 2 is 2.50 bits per heavy atom. The predicted molar refractivity (Wildman–Crippen MR) is 48.5 cm³/mol. The highest BCUT2D eigenvalue weighted by Gasteiger charge is 2.22. The topological polar surface area (TPSA) is 46.5 Å². The Morgan fingerprint density at radius 3 is 3.08 bits per heavy atom. The number of rotatable bonds is 3. The van der Waals surface area contributed by atoms with Crippen molar-refractivity contribution in [3.63, 3.8) is 0 Å². The highest BCUT2D eigenvalue weighted by molar-refractivity contribution is 7.99. The minimum absolute atomic E-state index is 0.139. The molecule has 0 bridgehead atoms. The van der Waals surface area contributed by atoms with Crippen molar-refractivity contribution in [2.24, 2.45) is 0 Å². The third-order valence-electron chi connectivity index (χ3n) is 1.96. The van der Waals surface area contributed by atoms with Crippen LogP contribution in [0.5, 0.6) is 0 Å². The molecule has 1 heterocycles. The molecule has 0 aromatic carbocycles. The Hall–Kier alpha value is -0.220. The van der Waals surface area contributed by atoms with E-state index in [1.165, 1.54) is 5.75 Å². The second-order valence-electron chi connectivity index (χ2n) is 2.96. The lowest BCUT2D eigenvalue weighted by molar-refractivity contribution is -0.144. The molecule has 1 aliphatic heterocycles. The minimum Gasteiger partial charge on any atom is -0.480 e. The second kappa shape index (κ2) is 4.72. The molecule has 0 radical (unpaired) electrons. The molecule has 0 aromatic rings. The highest BCUT2D eigenvalue weighted by atomic mass is 32.2. The van der Waals surface area contributed by atoms with Gasteiger partial charge < -0.3 is 9.84 Å². The molecule has 0 aromatic heterocycles. The summed E-state index contributed by atoms with van der Waals surface area (Å²) < 4.78 is 5.24. The van der Waals surface area contributed by atoms with Gasteiger partial charge in [-0.05, 0) is 18.6 Å². The summed E-state index contributed by atoms with van der Waals surface area (Å²) in [6.45, 7) is 1.94. The second-order valence-corrected chi connectivity index (χ2v) is 4.45. The fourth-order valence-corrected chi connectivity index (χ4v) is 2.43. The molecule has 1 rings (SSSR count). The molecule has 4 heteroatoms. The normalized spacial score (nSPS) is 30.1. The fraction of sp³-hybridized carbons (Fsp3) is 0.875. The van der Waals surface area contributed by atoms with E-state index >= 15 is 0 Å². The Morgan fingerprint density at radius 1 is 1.75 bits per heavy atom. The zero-order chi connectivity index (χ0) is 8.97. The van der Waals surface area contributed by atoms with Crippen LogP contribution in [-0.4, -0.2) is 34.8 Å². The van der Waals surface area contributed by atoms with Crippen LogP contribution in [0.25, 0.3) is 0 Å². The van der Waals surface area contributed by atoms with E-state index < -0.39 is 5.97 Å². The van der Waals surface area contributed by atoms with Crippen molar-refractivity contribution in [2.75, 3.05) is 12.4 Å². The van der Waals surface area contributed by atoms with Crippen LogP contribution >= 0.6 is 11.8 Å². The number of carbonyl (C=O) groups is 1. The van der Waals surface area contributed by atoms with Crippen molar-refractivity contribution in [2.45, 2.75) is 31.1 Å². The Balaban J connectivity index is 2.24. The molecule has 2 atom stereocenters. The van der Waals surface area contributed by atoms with Crippen LogP contribution in [0.2, 0.25) is 0 Å². The van der Waals surface area contributed by atoms with Crippen molar-refractivity contribution in [1.29, 1.82) is 0 Å². The third kappa shape index (κ3) is 3.03. The molecule has 3 nitrogen and oxygen atoms in total. The number of aliphatic carboxylic acids is 1. The number of thioether (sulfide) groups is 1. The molecule has 1 aliphatic rings. The first-order valence-electron chi connectivity index (χ1n) is 4.15. The van der Waals surface area contributed by atoms with Gasteiger partial charge in [0.05, 0.1) is 6.10 Å². The number of carboxylic acid groups (broad SMARTS) is 1. The van der Waals surface area contributed by atoms with Crippen molar-refractivity contribution in [3.05, 3.63) is 0 Å². The van der Waals surface area contributed by atoms with Crippen LogP contribution in [0.3, 0.4) is 0 Å². The average molecular weight is 190 g/mol. The summed E-state index contributed by atoms with van der Waals surface area (Å²) in [7, 11) is 0. The molecule has 0 aliphatic carbocycles. The van der Waals surface area contributed by atoms with E-state index in [0.717, 1.165) is 12.8 Å². The van der Waals surface area contributed by atoms with Gasteiger partial charge in [0.15, 0.2) is 0 Å². The maximum Gasteiger partial charge on any atom is 0.329 e. The lowest BCUT2D eigenvalue weighted by atomic mass is 10.1. The average Bonchev–Trinajstić information content (AvgIpc) is 2.03. The Bertz CT molecular complexity index is 160. The minimum atomic E-state index is -0.877. The Labute approximate surface area is 76.5 Å². The first-order valence-corrected chi connectivity index (χ1v) is 5.20. The van der Waals surface area contributed by atoms with Gasteiger partial charge in [-0.2, -0.15) is 11.8 Å². The molecule has 70 valence electrons. The van der Waals surface area contributed by atoms with Crippen LogP contribution in [-0.2, 0) is 9.53 Å². The largest absolute Gasteiger partial charge is 0.480 e. The first kappa shape index (κ1) is 9.86. The first-order chi connectivity index (χ1) is 5.70. The third-order valence-corrected chi connectivity index (χ3v) is 3.31. The molecule has 0 spiro atoms. The maximum atomic E-state index is 10.2. The van der Waals surface area contributed by atoms with E-state index in [9.17, 15) is 4.79 Å². The summed E-state index contributed by atoms with van der Waals surface area (Å²) in [5, 5.41) is 8.84. The lowest BCUT2D eigenvalue weighted by Crippen LogP contribution is -2.30. The fourth-order valence-electron chi connectivity index (χ4n) is 1.29. The predicted octanol–water partition coefficient (Wildman–Crippen LogP) is 1.37. The van der Waals surface area contributed by atoms with Gasteiger partial charge in [0.25, 0.3) is 0 Å². The van der Waals surface area contributed by atoms with Gasteiger partial charge in [-0.1, -0.05) is 6.92 Å². The summed E-state index contributed by atoms with van der Waals surface area (Å²) in [6.07, 6.45) is 2.28. The van der Waals surface area contributed by atoms with Crippen molar-refractivity contribution in [1.82, 2.24) is 0 Å². The lowest BCUT2D eigenvalue weighted by Gasteiger charge is -2.27. The van der Waals surface area contributed by atoms with Crippen LogP contribution in [0, 0.1) is 0 Å². The number of carboxylic acids is 1. The summed E-state index contributed by atoms with van der Waals surface area (Å²) >= 11 is 1.86. The van der Waals surface area contributed by atoms with Gasteiger partial charge in [0.1, 0.15) is 6.61 Å². The molecule has 12 heavy (non-hydrogen) atoms. The van der Waals surface area contributed by atoms with E-state index in [1.54, 1.807) is 0 Å². The monoisotopic (exact) mass is 190 g/mol. The molecule has 0 saturated carbocycles. The molecule has 1 fully saturated rings. The molecular weight excluding hydrogens is 176 g/mol. The standard InChI is InChI=1S/C8H14O3S/c1-6-7(3-2-4-12-6)11-5-8(9)10/h6-7H,2-5H2,1H3,(H,9,10). The van der Waals surface area contributed by atoms with Gasteiger partial charge in [-0.25, -0.2) is 4.79 Å². The van der Waals surface area contributed by atoms with Crippen molar-refractivity contribution < 1.29 is 14.6 Å². The van der Waals surface area contributed by atoms with E-state index in [0.29, 0.717) is 5.25 Å². The summed E-state index contributed by atoms with van der Waals surface area (Å²) in [5.74, 6) is 0.298. The van der Waals surface area contributed by atoms with Crippen molar-refractivity contribution in [3.8, 4) is 0 Å². The number of ether oxygens (including phenoxy) is 1. The molecule has 1 saturated heterocycles. The quantitative estimate of drug-likeness (QED) is 0.730. The van der Waals surface area contributed by atoms with E-state index in [4.69, 9.17) is 9.84 Å². The van der Waals surface area contributed by atoms with Gasteiger partial charge in [-0.3, -0.25) is 0 Å². The van der Waals surface area contributed by atoms with Crippen molar-refractivity contribution >= 4 is 17.7 Å². The van der Waals surface area contributed by atoms with Crippen LogP contribution < -0.4 is 0 Å². The molecule has 1 N–H and O–H groups in total. The van der Waals surface area contributed by atoms with E-state index in [-0.39, 0.29) is 12.7 Å². The number of hydrogen-bond donors (Lipinski definition) is 1. The van der Waals surface area contributed by atoms with Crippen LogP contribution in [0.15, 0.2) is 0 Å². The van der Waals surface area contributed by atoms with E-state index in [2.05, 4.69) is 6.92 Å². The zero-order valence-electron chi connectivity index (χ0n) is 7.16. The summed E-state index contributed by atoms with van der Waals surface area (Å²) in [5.41, 5.74) is 0. The maximum absolute atomic E-state index is 10.2. The Kier molecular flexibility index (Phi) is 3.88. The summed E-state index contributed by atoms with van der Waals surface area (Å²) in [6, 6.07) is 0. The molecule has 0 amide bonds. The highest BCUT2D eigenvalue weighted by Crippen LogP contribution is 2.26. The van der Waals surface area contributed by atoms with Gasteiger partial charge in [-0.15, -0.1) is 0 Å². The van der Waals surface area contributed by atoms with Gasteiger partial charge >= 0.3 is 5.97 Å². The summed E-state index contributed by atoms with van der Waals surface area (Å²) in [4.78, 5) is 10.2. The molecule has 2 unspecified atom stereocenters. The zero-order valence-corrected chi connectivity index (χ0v) is 7.97. The van der Waals surface area contributed by atoms with Gasteiger partial charge in [0, 0.05) is 5.25 Å². The SMILES string of the molecule is CC1SCCCC1OCC(=O)O. The van der Waals surface area contributed by atoms with E-state index in [1.807, 2.05) is 11.8 Å².